The van der Waals surface area contributed by atoms with Crippen molar-refractivity contribution in [3.05, 3.63) is 47.5 Å². The average molecular weight is 264 g/mol. The number of nitrogens with two attached hydrogens (primary N) is 2. The van der Waals surface area contributed by atoms with Crippen LogP contribution in [0.15, 0.2) is 36.4 Å². The molecule has 2 rings (SSSR count). The molecule has 98 valence electrons. The highest BCUT2D eigenvalue weighted by Gasteiger charge is 1.99. The van der Waals surface area contributed by atoms with Gasteiger partial charge in [0.25, 0.3) is 0 Å². The van der Waals surface area contributed by atoms with Crippen molar-refractivity contribution >= 4 is 11.4 Å². The van der Waals surface area contributed by atoms with Crippen LogP contribution in [0.2, 0.25) is 0 Å². The first-order valence-electron chi connectivity index (χ1n) is 5.76. The van der Waals surface area contributed by atoms with Crippen molar-refractivity contribution in [2.24, 2.45) is 0 Å². The Bertz CT molecular complexity index is 775. The quantitative estimate of drug-likeness (QED) is 0.331. The van der Waals surface area contributed by atoms with Gasteiger partial charge in [0.05, 0.1) is 16.9 Å². The van der Waals surface area contributed by atoms with Gasteiger partial charge in [-0.3, -0.25) is 0 Å². The SMILES string of the molecule is Nc1ccc(C#CC#Cc2cccc(O)c2N)cc1O. The van der Waals surface area contributed by atoms with Gasteiger partial charge in [-0.2, -0.15) is 0 Å². The Kier molecular flexibility index (Phi) is 3.70. The first-order valence-corrected chi connectivity index (χ1v) is 5.76. The number of hydrogen-bond donors (Lipinski definition) is 4. The molecule has 0 amide bonds. The van der Waals surface area contributed by atoms with Crippen molar-refractivity contribution in [1.29, 1.82) is 0 Å². The number of nitrogen functional groups attached to an aromatic ring is 2. The number of benzene rings is 2. The smallest absolute Gasteiger partial charge is 0.139 e. The molecule has 0 aliphatic rings. The van der Waals surface area contributed by atoms with E-state index in [1.807, 2.05) is 0 Å². The summed E-state index contributed by atoms with van der Waals surface area (Å²) in [6.07, 6.45) is 0. The third-order valence-electron chi connectivity index (χ3n) is 2.58. The molecule has 0 unspecified atom stereocenters. The molecule has 4 heteroatoms. The van der Waals surface area contributed by atoms with Gasteiger partial charge >= 0.3 is 0 Å². The van der Waals surface area contributed by atoms with Crippen molar-refractivity contribution in [2.45, 2.75) is 0 Å². The maximum Gasteiger partial charge on any atom is 0.139 e. The highest BCUT2D eigenvalue weighted by atomic mass is 16.3. The highest BCUT2D eigenvalue weighted by Crippen LogP contribution is 2.22. The fourth-order valence-electron chi connectivity index (χ4n) is 1.49. The van der Waals surface area contributed by atoms with Crippen LogP contribution in [0.1, 0.15) is 11.1 Å². The molecule has 2 aromatic rings. The number of phenolic OH excluding ortho intramolecular Hbond substituents is 2. The van der Waals surface area contributed by atoms with Crippen molar-refractivity contribution in [1.82, 2.24) is 0 Å². The Hall–Kier alpha value is -3.24. The molecule has 0 aromatic heterocycles. The summed E-state index contributed by atoms with van der Waals surface area (Å²) in [5.41, 5.74) is 12.8. The van der Waals surface area contributed by atoms with Gasteiger partial charge in [0.2, 0.25) is 0 Å². The first-order chi connectivity index (χ1) is 9.58. The summed E-state index contributed by atoms with van der Waals surface area (Å²) in [4.78, 5) is 0. The Labute approximate surface area is 116 Å². The maximum atomic E-state index is 9.43. The number of anilines is 2. The second-order valence-corrected chi connectivity index (χ2v) is 4.01. The predicted molar refractivity (Wildman–Crippen MR) is 78.8 cm³/mol. The summed E-state index contributed by atoms with van der Waals surface area (Å²) in [6.45, 7) is 0. The number of aromatic hydroxyl groups is 2. The number of para-hydroxylation sites is 1. The second-order valence-electron chi connectivity index (χ2n) is 4.01. The third-order valence-corrected chi connectivity index (χ3v) is 2.58. The molecule has 0 radical (unpaired) electrons. The van der Waals surface area contributed by atoms with Crippen LogP contribution < -0.4 is 11.5 Å². The van der Waals surface area contributed by atoms with E-state index in [1.54, 1.807) is 24.3 Å². The summed E-state index contributed by atoms with van der Waals surface area (Å²) in [7, 11) is 0. The van der Waals surface area contributed by atoms with E-state index in [4.69, 9.17) is 11.5 Å². The van der Waals surface area contributed by atoms with E-state index in [2.05, 4.69) is 23.7 Å². The molecule has 0 fully saturated rings. The lowest BCUT2D eigenvalue weighted by Crippen LogP contribution is -1.89. The van der Waals surface area contributed by atoms with E-state index in [9.17, 15) is 10.2 Å². The van der Waals surface area contributed by atoms with Crippen LogP contribution in [-0.2, 0) is 0 Å². The molecule has 0 heterocycles. The molecule has 2 aromatic carbocycles. The highest BCUT2D eigenvalue weighted by molar-refractivity contribution is 5.64. The van der Waals surface area contributed by atoms with Gasteiger partial charge in [-0.15, -0.1) is 0 Å². The van der Waals surface area contributed by atoms with Gasteiger partial charge in [-0.05, 0) is 42.2 Å². The zero-order valence-corrected chi connectivity index (χ0v) is 10.5. The molecule has 0 aliphatic carbocycles. The molecule has 0 aliphatic heterocycles. The lowest BCUT2D eigenvalue weighted by Gasteiger charge is -1.99. The summed E-state index contributed by atoms with van der Waals surface area (Å²) in [5, 5.41) is 18.9. The summed E-state index contributed by atoms with van der Waals surface area (Å²) in [6, 6.07) is 9.56. The van der Waals surface area contributed by atoms with E-state index in [0.717, 1.165) is 0 Å². The fraction of sp³-hybridized carbons (Fsp3) is 0. The molecular weight excluding hydrogens is 252 g/mol. The normalized spacial score (nSPS) is 9.00. The van der Waals surface area contributed by atoms with Gasteiger partial charge in [0, 0.05) is 5.56 Å². The van der Waals surface area contributed by atoms with Crippen molar-refractivity contribution in [2.75, 3.05) is 11.5 Å². The molecule has 6 N–H and O–H groups in total. The minimum Gasteiger partial charge on any atom is -0.506 e. The van der Waals surface area contributed by atoms with Crippen molar-refractivity contribution < 1.29 is 10.2 Å². The van der Waals surface area contributed by atoms with Crippen LogP contribution >= 0.6 is 0 Å². The molecule has 20 heavy (non-hydrogen) atoms. The molecule has 0 bridgehead atoms. The van der Waals surface area contributed by atoms with Crippen molar-refractivity contribution in [3.8, 4) is 35.2 Å². The monoisotopic (exact) mass is 264 g/mol. The van der Waals surface area contributed by atoms with E-state index in [1.165, 1.54) is 12.1 Å². The number of rotatable bonds is 0. The largest absolute Gasteiger partial charge is 0.506 e. The minimum absolute atomic E-state index is 0.00628. The number of hydrogen-bond acceptors (Lipinski definition) is 4. The maximum absolute atomic E-state index is 9.43. The molecular formula is C16H12N2O2. The standard InChI is InChI=1S/C16H12N2O2/c17-13-9-8-11(10-15(13)20)4-1-2-5-12-6-3-7-14(19)16(12)18/h3,6-10,19-20H,17-18H2. The Morgan fingerprint density at radius 1 is 0.850 bits per heavy atom. The van der Waals surface area contributed by atoms with E-state index in [0.29, 0.717) is 16.8 Å². The first kappa shape index (κ1) is 13.2. The van der Waals surface area contributed by atoms with E-state index < -0.39 is 0 Å². The van der Waals surface area contributed by atoms with Gasteiger partial charge in [-0.1, -0.05) is 17.9 Å². The van der Waals surface area contributed by atoms with Crippen LogP contribution in [0.4, 0.5) is 11.4 Å². The molecule has 0 spiro atoms. The van der Waals surface area contributed by atoms with E-state index >= 15 is 0 Å². The molecule has 0 saturated carbocycles. The molecule has 4 nitrogen and oxygen atoms in total. The van der Waals surface area contributed by atoms with Gasteiger partial charge in [0.1, 0.15) is 11.5 Å². The minimum atomic E-state index is -0.0121. The summed E-state index contributed by atoms with van der Waals surface area (Å²) < 4.78 is 0. The summed E-state index contributed by atoms with van der Waals surface area (Å²) in [5.74, 6) is 10.8. The fourth-order valence-corrected chi connectivity index (χ4v) is 1.49. The van der Waals surface area contributed by atoms with Gasteiger partial charge in [0.15, 0.2) is 0 Å². The van der Waals surface area contributed by atoms with Crippen LogP contribution in [0.3, 0.4) is 0 Å². The zero-order valence-electron chi connectivity index (χ0n) is 10.5. The van der Waals surface area contributed by atoms with Gasteiger partial charge < -0.3 is 21.7 Å². The topological polar surface area (TPSA) is 92.5 Å². The lowest BCUT2D eigenvalue weighted by atomic mass is 10.1. The molecule has 0 atom stereocenters. The van der Waals surface area contributed by atoms with Gasteiger partial charge in [-0.25, -0.2) is 0 Å². The summed E-state index contributed by atoms with van der Waals surface area (Å²) >= 11 is 0. The average Bonchev–Trinajstić information content (AvgIpc) is 2.43. The lowest BCUT2D eigenvalue weighted by molar-refractivity contribution is 0.477. The Morgan fingerprint density at radius 2 is 1.60 bits per heavy atom. The zero-order chi connectivity index (χ0) is 14.5. The van der Waals surface area contributed by atoms with Crippen LogP contribution in [0.25, 0.3) is 0 Å². The van der Waals surface area contributed by atoms with Crippen molar-refractivity contribution in [3.63, 3.8) is 0 Å². The third kappa shape index (κ3) is 2.95. The van der Waals surface area contributed by atoms with Crippen LogP contribution in [0.5, 0.6) is 11.5 Å². The second kappa shape index (κ2) is 5.60. The predicted octanol–water partition coefficient (Wildman–Crippen LogP) is 1.67. The van der Waals surface area contributed by atoms with E-state index in [-0.39, 0.29) is 17.2 Å². The van der Waals surface area contributed by atoms with Crippen LogP contribution in [0, 0.1) is 23.7 Å². The Balaban J connectivity index is 2.21. The van der Waals surface area contributed by atoms with Crippen LogP contribution in [-0.4, -0.2) is 10.2 Å². The molecule has 0 saturated heterocycles. The Morgan fingerprint density at radius 3 is 2.35 bits per heavy atom. The number of phenols is 2.